The molecule has 0 radical (unpaired) electrons. The molecule has 3 unspecified atom stereocenters. The molecule has 0 aliphatic carbocycles. The molecule has 3 atom stereocenters. The highest BCUT2D eigenvalue weighted by molar-refractivity contribution is 7.99. The van der Waals surface area contributed by atoms with Crippen molar-refractivity contribution >= 4 is 11.8 Å². The van der Waals surface area contributed by atoms with Crippen molar-refractivity contribution < 1.29 is 9.84 Å². The molecule has 1 N–H and O–H groups in total. The highest BCUT2D eigenvalue weighted by Crippen LogP contribution is 2.43. The van der Waals surface area contributed by atoms with Crippen molar-refractivity contribution in [2.24, 2.45) is 5.92 Å². The molecule has 2 aliphatic rings. The van der Waals surface area contributed by atoms with Gasteiger partial charge in [0.05, 0.1) is 17.4 Å². The Kier molecular flexibility index (Phi) is 3.87. The van der Waals surface area contributed by atoms with E-state index in [2.05, 4.69) is 12.0 Å². The third-order valence-electron chi connectivity index (χ3n) is 4.40. The number of hydrogen-bond donors (Lipinski definition) is 1. The summed E-state index contributed by atoms with van der Waals surface area (Å²) in [5.41, 5.74) is 0.987. The molecule has 2 fully saturated rings. The van der Waals surface area contributed by atoms with Crippen LogP contribution in [0.5, 0.6) is 0 Å². The maximum atomic E-state index is 10.7. The van der Waals surface area contributed by atoms with Gasteiger partial charge in [-0.2, -0.15) is 16.9 Å². The lowest BCUT2D eigenvalue weighted by atomic mass is 9.81. The van der Waals surface area contributed by atoms with E-state index in [4.69, 9.17) is 4.74 Å². The fraction of sp³-hybridized carbons (Fsp3) is 0.786. The Bertz CT molecular complexity index is 429. The maximum absolute atomic E-state index is 10.7. The summed E-state index contributed by atoms with van der Waals surface area (Å²) in [5.74, 6) is 2.58. The molecule has 1 aromatic rings. The van der Waals surface area contributed by atoms with E-state index in [0.717, 1.165) is 43.9 Å². The molecule has 106 valence electrons. The van der Waals surface area contributed by atoms with Crippen LogP contribution >= 0.6 is 11.8 Å². The maximum Gasteiger partial charge on any atom is 0.0986 e. The predicted molar refractivity (Wildman–Crippen MR) is 76.2 cm³/mol. The highest BCUT2D eigenvalue weighted by Gasteiger charge is 2.42. The summed E-state index contributed by atoms with van der Waals surface area (Å²) in [6.07, 6.45) is 4.43. The molecule has 0 saturated carbocycles. The van der Waals surface area contributed by atoms with E-state index >= 15 is 0 Å². The van der Waals surface area contributed by atoms with Gasteiger partial charge in [0.1, 0.15) is 0 Å². The molecule has 3 heterocycles. The molecule has 3 rings (SSSR count). The van der Waals surface area contributed by atoms with Gasteiger partial charge in [-0.1, -0.05) is 0 Å². The first-order valence-corrected chi connectivity index (χ1v) is 8.31. The second-order valence-electron chi connectivity index (χ2n) is 5.60. The number of aliphatic hydroxyl groups excluding tert-OH is 1. The standard InChI is InChI=1S/C14H22N2O2S/c1-2-16-12(3-6-15-16)13(17)11-4-7-18-14(9-11)5-8-19-10-14/h3,6,11,13,17H,2,4-5,7-10H2,1H3. The molecular weight excluding hydrogens is 260 g/mol. The first-order chi connectivity index (χ1) is 9.24. The molecular formula is C14H22N2O2S. The summed E-state index contributed by atoms with van der Waals surface area (Å²) in [6, 6.07) is 1.94. The number of aryl methyl sites for hydroxylation is 1. The molecule has 0 aromatic carbocycles. The Morgan fingerprint density at radius 2 is 2.58 bits per heavy atom. The van der Waals surface area contributed by atoms with Gasteiger partial charge in [-0.15, -0.1) is 0 Å². The van der Waals surface area contributed by atoms with Crippen molar-refractivity contribution in [2.75, 3.05) is 18.1 Å². The van der Waals surface area contributed by atoms with E-state index in [1.807, 2.05) is 22.5 Å². The summed E-state index contributed by atoms with van der Waals surface area (Å²) in [7, 11) is 0. The quantitative estimate of drug-likeness (QED) is 0.923. The number of rotatable bonds is 3. The second kappa shape index (κ2) is 5.46. The van der Waals surface area contributed by atoms with Gasteiger partial charge >= 0.3 is 0 Å². The van der Waals surface area contributed by atoms with Crippen LogP contribution in [0.3, 0.4) is 0 Å². The van der Waals surface area contributed by atoms with Gasteiger partial charge in [-0.25, -0.2) is 0 Å². The van der Waals surface area contributed by atoms with Gasteiger partial charge in [0, 0.05) is 25.1 Å². The lowest BCUT2D eigenvalue weighted by Gasteiger charge is -2.39. The van der Waals surface area contributed by atoms with Crippen LogP contribution in [0.1, 0.15) is 38.0 Å². The first kappa shape index (κ1) is 13.5. The zero-order valence-electron chi connectivity index (χ0n) is 11.4. The molecule has 5 heteroatoms. The van der Waals surface area contributed by atoms with Gasteiger partial charge in [0.25, 0.3) is 0 Å². The lowest BCUT2D eigenvalue weighted by Crippen LogP contribution is -2.41. The van der Waals surface area contributed by atoms with Crippen LogP contribution in [-0.2, 0) is 11.3 Å². The van der Waals surface area contributed by atoms with E-state index in [1.54, 1.807) is 6.20 Å². The van der Waals surface area contributed by atoms with Crippen molar-refractivity contribution in [2.45, 2.75) is 44.4 Å². The Morgan fingerprint density at radius 1 is 1.68 bits per heavy atom. The lowest BCUT2D eigenvalue weighted by molar-refractivity contribution is -0.103. The number of ether oxygens (including phenoxy) is 1. The third kappa shape index (κ3) is 2.56. The summed E-state index contributed by atoms with van der Waals surface area (Å²) < 4.78 is 7.93. The van der Waals surface area contributed by atoms with Crippen molar-refractivity contribution in [1.29, 1.82) is 0 Å². The SMILES string of the molecule is CCn1nccc1C(O)C1CCOC2(CCSC2)C1. The van der Waals surface area contributed by atoms with E-state index in [9.17, 15) is 5.11 Å². The van der Waals surface area contributed by atoms with Crippen LogP contribution in [-0.4, -0.2) is 38.6 Å². The highest BCUT2D eigenvalue weighted by atomic mass is 32.2. The number of nitrogens with zero attached hydrogens (tertiary/aromatic N) is 2. The minimum atomic E-state index is -0.408. The van der Waals surface area contributed by atoms with Crippen LogP contribution in [0, 0.1) is 5.92 Å². The van der Waals surface area contributed by atoms with Crippen molar-refractivity contribution in [3.8, 4) is 0 Å². The van der Waals surface area contributed by atoms with Crippen LogP contribution in [0.15, 0.2) is 12.3 Å². The van der Waals surface area contributed by atoms with Gasteiger partial charge < -0.3 is 9.84 Å². The van der Waals surface area contributed by atoms with Crippen LogP contribution in [0.4, 0.5) is 0 Å². The third-order valence-corrected chi connectivity index (χ3v) is 5.62. The van der Waals surface area contributed by atoms with Crippen molar-refractivity contribution in [1.82, 2.24) is 9.78 Å². The van der Waals surface area contributed by atoms with Crippen molar-refractivity contribution in [3.63, 3.8) is 0 Å². The molecule has 4 nitrogen and oxygen atoms in total. The Hall–Kier alpha value is -0.520. The number of aromatic nitrogens is 2. The number of hydrogen-bond acceptors (Lipinski definition) is 4. The molecule has 1 spiro atoms. The second-order valence-corrected chi connectivity index (χ2v) is 6.71. The topological polar surface area (TPSA) is 47.3 Å². The molecule has 1 aromatic heterocycles. The minimum Gasteiger partial charge on any atom is -0.387 e. The van der Waals surface area contributed by atoms with Gasteiger partial charge in [0.15, 0.2) is 0 Å². The van der Waals surface area contributed by atoms with Gasteiger partial charge in [0.2, 0.25) is 0 Å². The molecule has 0 amide bonds. The summed E-state index contributed by atoms with van der Waals surface area (Å²) in [5, 5.41) is 14.9. The largest absolute Gasteiger partial charge is 0.387 e. The average molecular weight is 282 g/mol. The normalized spacial score (nSPS) is 32.8. The molecule has 19 heavy (non-hydrogen) atoms. The van der Waals surface area contributed by atoms with Crippen LogP contribution < -0.4 is 0 Å². The predicted octanol–water partition coefficient (Wildman–Crippen LogP) is 2.24. The van der Waals surface area contributed by atoms with E-state index in [-0.39, 0.29) is 5.60 Å². The minimum absolute atomic E-state index is 0.0334. The van der Waals surface area contributed by atoms with Crippen LogP contribution in [0.25, 0.3) is 0 Å². The van der Waals surface area contributed by atoms with E-state index < -0.39 is 6.10 Å². The van der Waals surface area contributed by atoms with E-state index in [1.165, 1.54) is 5.75 Å². The van der Waals surface area contributed by atoms with Gasteiger partial charge in [-0.05, 0) is 43.9 Å². The number of aliphatic hydroxyl groups is 1. The zero-order valence-corrected chi connectivity index (χ0v) is 12.2. The first-order valence-electron chi connectivity index (χ1n) is 7.15. The summed E-state index contributed by atoms with van der Waals surface area (Å²) >= 11 is 1.97. The zero-order chi connectivity index (χ0) is 13.3. The molecule has 2 aliphatic heterocycles. The van der Waals surface area contributed by atoms with E-state index in [0.29, 0.717) is 5.92 Å². The Balaban J connectivity index is 1.74. The van der Waals surface area contributed by atoms with Gasteiger partial charge in [-0.3, -0.25) is 4.68 Å². The monoisotopic (exact) mass is 282 g/mol. The fourth-order valence-corrected chi connectivity index (χ4v) is 4.68. The molecule has 2 saturated heterocycles. The Labute approximate surface area is 118 Å². The summed E-state index contributed by atoms with van der Waals surface area (Å²) in [4.78, 5) is 0. The smallest absolute Gasteiger partial charge is 0.0986 e. The Morgan fingerprint density at radius 3 is 3.32 bits per heavy atom. The number of thioether (sulfide) groups is 1. The van der Waals surface area contributed by atoms with Crippen molar-refractivity contribution in [3.05, 3.63) is 18.0 Å². The average Bonchev–Trinajstić information content (AvgIpc) is 3.07. The fourth-order valence-electron chi connectivity index (χ4n) is 3.30. The summed E-state index contributed by atoms with van der Waals surface area (Å²) in [6.45, 7) is 3.65. The molecule has 0 bridgehead atoms. The van der Waals surface area contributed by atoms with Crippen LogP contribution in [0.2, 0.25) is 0 Å².